The van der Waals surface area contributed by atoms with Crippen LogP contribution in [0.2, 0.25) is 0 Å². The third-order valence-electron chi connectivity index (χ3n) is 12.1. The van der Waals surface area contributed by atoms with Gasteiger partial charge in [0.25, 0.3) is 0 Å². The minimum atomic E-state index is -0.437. The first kappa shape index (κ1) is 50.6. The molecule has 1 heterocycles. The van der Waals surface area contributed by atoms with Crippen LogP contribution in [0.4, 0.5) is 0 Å². The molecule has 4 aromatic carbocycles. The van der Waals surface area contributed by atoms with Gasteiger partial charge in [0, 0.05) is 11.1 Å². The molecule has 0 amide bonds. The summed E-state index contributed by atoms with van der Waals surface area (Å²) in [6, 6.07) is 21.6. The summed E-state index contributed by atoms with van der Waals surface area (Å²) in [6.45, 7) is 13.4. The number of aromatic nitrogens is 2. The van der Waals surface area contributed by atoms with E-state index in [1.54, 1.807) is 48.5 Å². The maximum absolute atomic E-state index is 13.2. The number of carbonyl (C=O) groups excluding carboxylic acids is 2. The standard InChI is InChI=1S/C56H74N2O7/c1-7-9-11-13-15-17-19-21-23-25-35-61-45-27-33-51(43(5)37-45)55(59)63-47-29-31-49(41(3)39-47)53-57-58-54(65-53)50-32-30-48(40-42(50)4)64-56(60)52-34-28-46(38-44(52)6)62-36-26-24-22-20-18-16-14-12-10-8-2/h27-34,37-40H,7-26,35-36H2,1-6H3. The number of unbranched alkanes of at least 4 members (excludes halogenated alkanes) is 18. The predicted octanol–water partition coefficient (Wildman–Crippen LogP) is 15.7. The Morgan fingerprint density at radius 2 is 0.738 bits per heavy atom. The average molecular weight is 887 g/mol. The van der Waals surface area contributed by atoms with Crippen LogP contribution < -0.4 is 18.9 Å². The van der Waals surface area contributed by atoms with Crippen LogP contribution in [0, 0.1) is 27.7 Å². The smallest absolute Gasteiger partial charge is 0.343 e. The fraction of sp³-hybridized carbons (Fsp3) is 0.500. The van der Waals surface area contributed by atoms with Gasteiger partial charge < -0.3 is 23.4 Å². The lowest BCUT2D eigenvalue weighted by Crippen LogP contribution is -2.10. The van der Waals surface area contributed by atoms with Gasteiger partial charge in [-0.15, -0.1) is 10.2 Å². The van der Waals surface area contributed by atoms with E-state index in [4.69, 9.17) is 23.4 Å². The average Bonchev–Trinajstić information content (AvgIpc) is 3.77. The fourth-order valence-corrected chi connectivity index (χ4v) is 8.11. The molecule has 9 heteroatoms. The van der Waals surface area contributed by atoms with Crippen molar-refractivity contribution in [3.05, 3.63) is 106 Å². The van der Waals surface area contributed by atoms with Crippen molar-refractivity contribution in [1.82, 2.24) is 10.2 Å². The zero-order valence-electron chi connectivity index (χ0n) is 40.2. The zero-order valence-corrected chi connectivity index (χ0v) is 40.2. The second kappa shape index (κ2) is 27.8. The van der Waals surface area contributed by atoms with Gasteiger partial charge in [-0.25, -0.2) is 9.59 Å². The van der Waals surface area contributed by atoms with Gasteiger partial charge >= 0.3 is 11.9 Å². The van der Waals surface area contributed by atoms with Crippen LogP contribution in [0.5, 0.6) is 23.0 Å². The van der Waals surface area contributed by atoms with E-state index in [1.165, 1.54) is 116 Å². The summed E-state index contributed by atoms with van der Waals surface area (Å²) in [6.07, 6.45) is 25.6. The highest BCUT2D eigenvalue weighted by Gasteiger charge is 2.19. The molecular weight excluding hydrogens is 813 g/mol. The van der Waals surface area contributed by atoms with Crippen LogP contribution in [-0.2, 0) is 0 Å². The molecule has 0 saturated heterocycles. The largest absolute Gasteiger partial charge is 0.494 e. The number of ether oxygens (including phenoxy) is 4. The van der Waals surface area contributed by atoms with Gasteiger partial charge in [0.2, 0.25) is 11.8 Å². The van der Waals surface area contributed by atoms with Gasteiger partial charge in [-0.2, -0.15) is 0 Å². The highest BCUT2D eigenvalue weighted by atomic mass is 16.5. The molecule has 0 fully saturated rings. The monoisotopic (exact) mass is 887 g/mol. The van der Waals surface area contributed by atoms with E-state index in [-0.39, 0.29) is 0 Å². The molecule has 0 radical (unpaired) electrons. The number of nitrogens with zero attached hydrogens (tertiary/aromatic N) is 2. The van der Waals surface area contributed by atoms with Crippen LogP contribution in [0.25, 0.3) is 22.9 Å². The summed E-state index contributed by atoms with van der Waals surface area (Å²) in [5.41, 5.74) is 5.62. The lowest BCUT2D eigenvalue weighted by atomic mass is 10.1. The number of esters is 2. The van der Waals surface area contributed by atoms with Crippen LogP contribution in [0.1, 0.15) is 185 Å². The molecular formula is C56H74N2O7. The number of aryl methyl sites for hydroxylation is 4. The minimum Gasteiger partial charge on any atom is -0.494 e. The molecule has 9 nitrogen and oxygen atoms in total. The van der Waals surface area contributed by atoms with E-state index >= 15 is 0 Å². The number of hydrogen-bond acceptors (Lipinski definition) is 9. The van der Waals surface area contributed by atoms with E-state index in [0.29, 0.717) is 47.6 Å². The van der Waals surface area contributed by atoms with Crippen molar-refractivity contribution in [1.29, 1.82) is 0 Å². The van der Waals surface area contributed by atoms with Gasteiger partial charge in [0.1, 0.15) is 23.0 Å². The molecule has 5 rings (SSSR count). The van der Waals surface area contributed by atoms with E-state index in [1.807, 2.05) is 52.0 Å². The van der Waals surface area contributed by atoms with Crippen molar-refractivity contribution < 1.29 is 33.0 Å². The molecule has 0 spiro atoms. The zero-order chi connectivity index (χ0) is 46.2. The lowest BCUT2D eigenvalue weighted by molar-refractivity contribution is 0.0724. The third kappa shape index (κ3) is 16.8. The summed E-state index contributed by atoms with van der Waals surface area (Å²) in [4.78, 5) is 26.4. The second-order valence-electron chi connectivity index (χ2n) is 17.7. The molecule has 1 aromatic heterocycles. The Balaban J connectivity index is 1.05. The van der Waals surface area contributed by atoms with Crippen molar-refractivity contribution in [3.63, 3.8) is 0 Å². The first-order valence-electron chi connectivity index (χ1n) is 24.6. The summed E-state index contributed by atoms with van der Waals surface area (Å²) >= 11 is 0. The Labute approximate surface area is 389 Å². The molecule has 350 valence electrons. The summed E-state index contributed by atoms with van der Waals surface area (Å²) in [5, 5.41) is 8.64. The second-order valence-corrected chi connectivity index (χ2v) is 17.7. The van der Waals surface area contributed by atoms with Gasteiger partial charge in [-0.1, -0.05) is 129 Å². The molecule has 0 aliphatic rings. The number of rotatable bonds is 30. The van der Waals surface area contributed by atoms with Crippen molar-refractivity contribution in [2.45, 2.75) is 170 Å². The van der Waals surface area contributed by atoms with Crippen molar-refractivity contribution in [3.8, 4) is 45.9 Å². The van der Waals surface area contributed by atoms with E-state index in [9.17, 15) is 9.59 Å². The Bertz CT molecular complexity index is 2070. The van der Waals surface area contributed by atoms with Gasteiger partial charge in [0.05, 0.1) is 24.3 Å². The fourth-order valence-electron chi connectivity index (χ4n) is 8.11. The van der Waals surface area contributed by atoms with Crippen LogP contribution in [0.3, 0.4) is 0 Å². The maximum Gasteiger partial charge on any atom is 0.343 e. The Kier molecular flexibility index (Phi) is 21.6. The molecule has 0 saturated carbocycles. The quantitative estimate of drug-likeness (QED) is 0.0253. The summed E-state index contributed by atoms with van der Waals surface area (Å²) < 4.78 is 29.7. The molecule has 65 heavy (non-hydrogen) atoms. The SMILES string of the molecule is CCCCCCCCCCCCOc1ccc(C(=O)Oc2ccc(-c3nnc(-c4ccc(OC(=O)c5ccc(OCCCCCCCCCCCC)cc5C)cc4C)o3)c(C)c2)c(C)c1. The van der Waals surface area contributed by atoms with Crippen LogP contribution >= 0.6 is 0 Å². The first-order valence-corrected chi connectivity index (χ1v) is 24.6. The van der Waals surface area contributed by atoms with E-state index < -0.39 is 11.9 Å². The molecule has 5 aromatic rings. The third-order valence-corrected chi connectivity index (χ3v) is 12.1. The van der Waals surface area contributed by atoms with Crippen molar-refractivity contribution in [2.75, 3.05) is 13.2 Å². The van der Waals surface area contributed by atoms with Crippen LogP contribution in [0.15, 0.2) is 77.2 Å². The maximum atomic E-state index is 13.2. The Morgan fingerprint density at radius 3 is 1.08 bits per heavy atom. The van der Waals surface area contributed by atoms with Gasteiger partial charge in [-0.05, 0) is 136 Å². The van der Waals surface area contributed by atoms with Gasteiger partial charge in [0.15, 0.2) is 0 Å². The van der Waals surface area contributed by atoms with E-state index in [0.717, 1.165) is 57.7 Å². The minimum absolute atomic E-state index is 0.334. The van der Waals surface area contributed by atoms with Crippen molar-refractivity contribution in [2.24, 2.45) is 0 Å². The number of hydrogen-bond donors (Lipinski definition) is 0. The molecule has 0 bridgehead atoms. The highest BCUT2D eigenvalue weighted by Crippen LogP contribution is 2.32. The Morgan fingerprint density at radius 1 is 0.415 bits per heavy atom. The van der Waals surface area contributed by atoms with Crippen LogP contribution in [-0.4, -0.2) is 35.3 Å². The van der Waals surface area contributed by atoms with E-state index in [2.05, 4.69) is 24.0 Å². The number of benzene rings is 4. The predicted molar refractivity (Wildman–Crippen MR) is 262 cm³/mol. The van der Waals surface area contributed by atoms with Gasteiger partial charge in [-0.3, -0.25) is 0 Å². The van der Waals surface area contributed by atoms with Crippen molar-refractivity contribution >= 4 is 11.9 Å². The summed E-state index contributed by atoms with van der Waals surface area (Å²) in [7, 11) is 0. The molecule has 0 aliphatic heterocycles. The summed E-state index contributed by atoms with van der Waals surface area (Å²) in [5.74, 6) is 2.14. The molecule has 0 aliphatic carbocycles. The first-order chi connectivity index (χ1) is 31.7. The topological polar surface area (TPSA) is 110 Å². The molecule has 0 N–H and O–H groups in total. The highest BCUT2D eigenvalue weighted by molar-refractivity contribution is 5.93. The number of carbonyl (C=O) groups is 2. The molecule has 0 unspecified atom stereocenters. The Hall–Kier alpha value is -5.44. The normalized spacial score (nSPS) is 11.2. The molecule has 0 atom stereocenters. The lowest BCUT2D eigenvalue weighted by Gasteiger charge is -2.11.